The monoisotopic (exact) mass is 290 g/mol. The molecule has 1 aromatic rings. The van der Waals surface area contributed by atoms with Crippen LogP contribution in [-0.4, -0.2) is 29.1 Å². The summed E-state index contributed by atoms with van der Waals surface area (Å²) < 4.78 is 0. The fraction of sp³-hybridized carbons (Fsp3) is 0.765. The summed E-state index contributed by atoms with van der Waals surface area (Å²) in [6.45, 7) is 12.9. The van der Waals surface area contributed by atoms with Crippen molar-refractivity contribution >= 4 is 11.6 Å². The van der Waals surface area contributed by atoms with Crippen molar-refractivity contribution < 1.29 is 0 Å². The van der Waals surface area contributed by atoms with Gasteiger partial charge < -0.3 is 10.2 Å². The maximum Gasteiger partial charge on any atom is 0.138 e. The molecule has 21 heavy (non-hydrogen) atoms. The van der Waals surface area contributed by atoms with Crippen molar-refractivity contribution in [2.45, 2.75) is 71.8 Å². The molecule has 1 aromatic heterocycles. The van der Waals surface area contributed by atoms with Gasteiger partial charge in [-0.05, 0) is 26.7 Å². The van der Waals surface area contributed by atoms with Gasteiger partial charge >= 0.3 is 0 Å². The molecular formula is C17H30N4. The third-order valence-electron chi connectivity index (χ3n) is 4.09. The van der Waals surface area contributed by atoms with Crippen LogP contribution >= 0.6 is 0 Å². The van der Waals surface area contributed by atoms with E-state index in [4.69, 9.17) is 4.98 Å². The Bertz CT molecular complexity index is 464. The molecule has 4 nitrogen and oxygen atoms in total. The molecule has 118 valence electrons. The van der Waals surface area contributed by atoms with Gasteiger partial charge in [0, 0.05) is 30.6 Å². The second-order valence-corrected chi connectivity index (χ2v) is 7.11. The van der Waals surface area contributed by atoms with Crippen molar-refractivity contribution in [3.05, 3.63) is 11.9 Å². The first kappa shape index (κ1) is 16.1. The fourth-order valence-electron chi connectivity index (χ4n) is 2.80. The zero-order valence-corrected chi connectivity index (χ0v) is 14.2. The molecule has 0 aromatic carbocycles. The second kappa shape index (κ2) is 6.63. The Balaban J connectivity index is 2.38. The summed E-state index contributed by atoms with van der Waals surface area (Å²) in [6.07, 6.45) is 5.17. The van der Waals surface area contributed by atoms with Gasteiger partial charge in [-0.3, -0.25) is 0 Å². The minimum absolute atomic E-state index is 0.0325. The predicted molar refractivity (Wildman–Crippen MR) is 90.2 cm³/mol. The van der Waals surface area contributed by atoms with Crippen molar-refractivity contribution in [3.63, 3.8) is 0 Å². The summed E-state index contributed by atoms with van der Waals surface area (Å²) in [5.41, 5.74) is -0.0325. The molecule has 0 bridgehead atoms. The molecule has 2 heterocycles. The Hall–Kier alpha value is -1.32. The number of nitrogens with zero attached hydrogens (tertiary/aromatic N) is 3. The topological polar surface area (TPSA) is 41.0 Å². The number of hydrogen-bond acceptors (Lipinski definition) is 4. The summed E-state index contributed by atoms with van der Waals surface area (Å²) >= 11 is 0. The average molecular weight is 290 g/mol. The Morgan fingerprint density at radius 3 is 2.67 bits per heavy atom. The van der Waals surface area contributed by atoms with E-state index in [-0.39, 0.29) is 5.41 Å². The van der Waals surface area contributed by atoms with Crippen molar-refractivity contribution in [1.82, 2.24) is 9.97 Å². The Morgan fingerprint density at radius 2 is 2.00 bits per heavy atom. The van der Waals surface area contributed by atoms with Gasteiger partial charge in [-0.1, -0.05) is 33.6 Å². The Labute approximate surface area is 129 Å². The Kier molecular flexibility index (Phi) is 5.07. The van der Waals surface area contributed by atoms with Crippen molar-refractivity contribution in [2.75, 3.05) is 23.3 Å². The largest absolute Gasteiger partial charge is 0.370 e. The second-order valence-electron chi connectivity index (χ2n) is 7.11. The van der Waals surface area contributed by atoms with Gasteiger partial charge in [-0.25, -0.2) is 9.97 Å². The molecule has 0 saturated carbocycles. The molecule has 1 saturated heterocycles. The van der Waals surface area contributed by atoms with Gasteiger partial charge in [0.15, 0.2) is 0 Å². The molecule has 1 N–H and O–H groups in total. The summed E-state index contributed by atoms with van der Waals surface area (Å²) in [4.78, 5) is 12.0. The summed E-state index contributed by atoms with van der Waals surface area (Å²) in [5.74, 6) is 2.96. The molecule has 1 unspecified atom stereocenters. The number of nitrogens with one attached hydrogen (secondary N) is 1. The first-order chi connectivity index (χ1) is 9.91. The van der Waals surface area contributed by atoms with Crippen molar-refractivity contribution in [1.29, 1.82) is 0 Å². The van der Waals surface area contributed by atoms with Crippen LogP contribution in [0.3, 0.4) is 0 Å². The number of hydrogen-bond donors (Lipinski definition) is 1. The van der Waals surface area contributed by atoms with E-state index in [1.54, 1.807) is 0 Å². The molecular weight excluding hydrogens is 260 g/mol. The molecule has 0 spiro atoms. The van der Waals surface area contributed by atoms with Crippen LogP contribution in [0, 0.1) is 0 Å². The van der Waals surface area contributed by atoms with Crippen molar-refractivity contribution in [2.24, 2.45) is 0 Å². The van der Waals surface area contributed by atoms with Gasteiger partial charge in [0.25, 0.3) is 0 Å². The van der Waals surface area contributed by atoms with Gasteiger partial charge in [-0.2, -0.15) is 0 Å². The fourth-order valence-corrected chi connectivity index (χ4v) is 2.80. The Morgan fingerprint density at radius 1 is 1.24 bits per heavy atom. The number of rotatable bonds is 3. The van der Waals surface area contributed by atoms with Gasteiger partial charge in [-0.15, -0.1) is 0 Å². The standard InChI is InChI=1S/C17H30N4/c1-6-18-14-12-15(20-16(19-14)17(3,4)5)21-11-9-7-8-10-13(21)2/h12-13H,6-11H2,1-5H3,(H,18,19,20). The minimum Gasteiger partial charge on any atom is -0.370 e. The zero-order valence-electron chi connectivity index (χ0n) is 14.2. The minimum atomic E-state index is -0.0325. The molecule has 1 aliphatic heterocycles. The summed E-state index contributed by atoms with van der Waals surface area (Å²) in [7, 11) is 0. The van der Waals surface area contributed by atoms with E-state index in [1.807, 2.05) is 0 Å². The van der Waals surface area contributed by atoms with Crippen molar-refractivity contribution in [3.8, 4) is 0 Å². The van der Waals surface area contributed by atoms with E-state index in [9.17, 15) is 0 Å². The van der Waals surface area contributed by atoms with Crippen LogP contribution in [0.2, 0.25) is 0 Å². The van der Waals surface area contributed by atoms with Crippen LogP contribution in [0.15, 0.2) is 6.07 Å². The van der Waals surface area contributed by atoms with Crippen LogP contribution < -0.4 is 10.2 Å². The van der Waals surface area contributed by atoms with Gasteiger partial charge in [0.2, 0.25) is 0 Å². The normalized spacial score (nSPS) is 20.2. The number of anilines is 2. The lowest BCUT2D eigenvalue weighted by Gasteiger charge is -2.30. The summed E-state index contributed by atoms with van der Waals surface area (Å²) in [5, 5.41) is 3.35. The highest BCUT2D eigenvalue weighted by molar-refractivity contribution is 5.50. The molecule has 0 aliphatic carbocycles. The lowest BCUT2D eigenvalue weighted by atomic mass is 9.95. The van der Waals surface area contributed by atoms with Gasteiger partial charge in [0.05, 0.1) is 0 Å². The third-order valence-corrected chi connectivity index (χ3v) is 4.09. The maximum absolute atomic E-state index is 4.88. The van der Waals surface area contributed by atoms with E-state index in [0.717, 1.165) is 30.5 Å². The van der Waals surface area contributed by atoms with Crippen LogP contribution in [0.4, 0.5) is 11.6 Å². The van der Waals surface area contributed by atoms with Gasteiger partial charge in [0.1, 0.15) is 17.5 Å². The van der Waals surface area contributed by atoms with Crippen LogP contribution in [-0.2, 0) is 5.41 Å². The number of aromatic nitrogens is 2. The predicted octanol–water partition coefficient (Wildman–Crippen LogP) is 3.97. The van der Waals surface area contributed by atoms with Crippen LogP contribution in [0.25, 0.3) is 0 Å². The first-order valence-electron chi connectivity index (χ1n) is 8.32. The first-order valence-corrected chi connectivity index (χ1v) is 8.32. The van der Waals surface area contributed by atoms with Crippen LogP contribution in [0.1, 0.15) is 66.1 Å². The lowest BCUT2D eigenvalue weighted by molar-refractivity contribution is 0.540. The highest BCUT2D eigenvalue weighted by atomic mass is 15.2. The van der Waals surface area contributed by atoms with E-state index in [1.165, 1.54) is 25.7 Å². The SMILES string of the molecule is CCNc1cc(N2CCCCCC2C)nc(C(C)(C)C)n1. The molecule has 1 aliphatic rings. The highest BCUT2D eigenvalue weighted by Crippen LogP contribution is 2.27. The van der Waals surface area contributed by atoms with Crippen LogP contribution in [0.5, 0.6) is 0 Å². The van der Waals surface area contributed by atoms with E-state index in [0.29, 0.717) is 6.04 Å². The molecule has 1 atom stereocenters. The third kappa shape index (κ3) is 4.08. The molecule has 0 amide bonds. The molecule has 1 fully saturated rings. The van der Waals surface area contributed by atoms with E-state index < -0.39 is 0 Å². The smallest absolute Gasteiger partial charge is 0.138 e. The lowest BCUT2D eigenvalue weighted by Crippen LogP contribution is -2.34. The van der Waals surface area contributed by atoms with E-state index in [2.05, 4.69) is 55.9 Å². The summed E-state index contributed by atoms with van der Waals surface area (Å²) in [6, 6.07) is 2.67. The molecule has 2 rings (SSSR count). The quantitative estimate of drug-likeness (QED) is 0.914. The maximum atomic E-state index is 4.88. The highest BCUT2D eigenvalue weighted by Gasteiger charge is 2.23. The molecule has 0 radical (unpaired) electrons. The molecule has 4 heteroatoms. The zero-order chi connectivity index (χ0) is 15.5. The average Bonchev–Trinajstić information content (AvgIpc) is 2.62. The van der Waals surface area contributed by atoms with E-state index >= 15 is 0 Å².